The van der Waals surface area contributed by atoms with Crippen LogP contribution in [0.3, 0.4) is 0 Å². The fourth-order valence-corrected chi connectivity index (χ4v) is 2.62. The predicted octanol–water partition coefficient (Wildman–Crippen LogP) is 0.930. The Kier molecular flexibility index (Phi) is 5.75. The van der Waals surface area contributed by atoms with Crippen LogP contribution in [0.4, 0.5) is 0 Å². The molecule has 114 valence electrons. The van der Waals surface area contributed by atoms with Crippen molar-refractivity contribution >= 4 is 11.8 Å². The molecule has 2 rings (SSSR count). The number of likely N-dealkylation sites (tertiary alicyclic amines) is 1. The van der Waals surface area contributed by atoms with Gasteiger partial charge in [-0.3, -0.25) is 9.59 Å². The number of nitrogens with one attached hydrogen (secondary N) is 1. The van der Waals surface area contributed by atoms with Crippen LogP contribution >= 0.6 is 0 Å². The van der Waals surface area contributed by atoms with E-state index < -0.39 is 0 Å². The SMILES string of the molecule is NCCc1ccccc1C(=O)NCCC(=O)N1CCCC1. The van der Waals surface area contributed by atoms with Gasteiger partial charge in [0, 0.05) is 31.6 Å². The average molecular weight is 289 g/mol. The number of rotatable bonds is 6. The van der Waals surface area contributed by atoms with Crippen molar-refractivity contribution in [3.63, 3.8) is 0 Å². The largest absolute Gasteiger partial charge is 0.352 e. The first-order chi connectivity index (χ1) is 10.2. The number of nitrogens with two attached hydrogens (primary N) is 1. The Labute approximate surface area is 125 Å². The van der Waals surface area contributed by atoms with E-state index in [-0.39, 0.29) is 11.8 Å². The molecule has 1 aliphatic heterocycles. The lowest BCUT2D eigenvalue weighted by atomic mass is 10.0. The summed E-state index contributed by atoms with van der Waals surface area (Å²) < 4.78 is 0. The first-order valence-corrected chi connectivity index (χ1v) is 7.56. The first kappa shape index (κ1) is 15.5. The lowest BCUT2D eigenvalue weighted by molar-refractivity contribution is -0.129. The molecular weight excluding hydrogens is 266 g/mol. The quantitative estimate of drug-likeness (QED) is 0.818. The number of hydrogen-bond acceptors (Lipinski definition) is 3. The van der Waals surface area contributed by atoms with E-state index >= 15 is 0 Å². The van der Waals surface area contributed by atoms with Crippen molar-refractivity contribution in [2.75, 3.05) is 26.2 Å². The Morgan fingerprint density at radius 1 is 1.19 bits per heavy atom. The lowest BCUT2D eigenvalue weighted by Gasteiger charge is -2.15. The van der Waals surface area contributed by atoms with Gasteiger partial charge < -0.3 is 16.0 Å². The molecule has 0 saturated carbocycles. The zero-order chi connectivity index (χ0) is 15.1. The predicted molar refractivity (Wildman–Crippen MR) is 82.0 cm³/mol. The lowest BCUT2D eigenvalue weighted by Crippen LogP contribution is -2.33. The summed E-state index contributed by atoms with van der Waals surface area (Å²) in [7, 11) is 0. The number of amides is 2. The summed E-state index contributed by atoms with van der Waals surface area (Å²) in [5.41, 5.74) is 7.15. The standard InChI is InChI=1S/C16H23N3O2/c17-9-7-13-5-1-2-6-14(13)16(21)18-10-8-15(20)19-11-3-4-12-19/h1-2,5-6H,3-4,7-12,17H2,(H,18,21). The molecule has 0 bridgehead atoms. The van der Waals surface area contributed by atoms with Crippen molar-refractivity contribution in [2.24, 2.45) is 5.73 Å². The van der Waals surface area contributed by atoms with E-state index in [1.165, 1.54) is 0 Å². The zero-order valence-electron chi connectivity index (χ0n) is 12.3. The van der Waals surface area contributed by atoms with E-state index in [1.807, 2.05) is 23.1 Å². The second-order valence-electron chi connectivity index (χ2n) is 5.29. The van der Waals surface area contributed by atoms with Gasteiger partial charge in [0.05, 0.1) is 0 Å². The van der Waals surface area contributed by atoms with Gasteiger partial charge in [0.1, 0.15) is 0 Å². The van der Waals surface area contributed by atoms with Gasteiger partial charge in [-0.25, -0.2) is 0 Å². The van der Waals surface area contributed by atoms with Crippen LogP contribution in [0, 0.1) is 0 Å². The number of carbonyl (C=O) groups is 2. The molecule has 21 heavy (non-hydrogen) atoms. The van der Waals surface area contributed by atoms with Crippen LogP contribution in [0.5, 0.6) is 0 Å². The number of nitrogens with zero attached hydrogens (tertiary/aromatic N) is 1. The molecule has 0 unspecified atom stereocenters. The molecule has 1 aliphatic rings. The van der Waals surface area contributed by atoms with Crippen LogP contribution in [0.15, 0.2) is 24.3 Å². The van der Waals surface area contributed by atoms with Gasteiger partial charge in [-0.05, 0) is 37.4 Å². The molecule has 5 heteroatoms. The highest BCUT2D eigenvalue weighted by atomic mass is 16.2. The van der Waals surface area contributed by atoms with E-state index in [2.05, 4.69) is 5.32 Å². The molecule has 0 aromatic heterocycles. The van der Waals surface area contributed by atoms with Crippen molar-refractivity contribution in [2.45, 2.75) is 25.7 Å². The average Bonchev–Trinajstić information content (AvgIpc) is 3.02. The van der Waals surface area contributed by atoms with Crippen LogP contribution in [0.1, 0.15) is 35.2 Å². The number of benzene rings is 1. The summed E-state index contributed by atoms with van der Waals surface area (Å²) in [6.45, 7) is 2.60. The summed E-state index contributed by atoms with van der Waals surface area (Å²) in [4.78, 5) is 25.9. The molecule has 1 fully saturated rings. The molecule has 0 spiro atoms. The molecule has 0 radical (unpaired) electrons. The van der Waals surface area contributed by atoms with Crippen molar-refractivity contribution in [3.8, 4) is 0 Å². The zero-order valence-corrected chi connectivity index (χ0v) is 12.3. The summed E-state index contributed by atoms with van der Waals surface area (Å²) in [5, 5.41) is 2.82. The first-order valence-electron chi connectivity index (χ1n) is 7.56. The van der Waals surface area contributed by atoms with Gasteiger partial charge in [-0.15, -0.1) is 0 Å². The monoisotopic (exact) mass is 289 g/mol. The van der Waals surface area contributed by atoms with Gasteiger partial charge in [0.15, 0.2) is 0 Å². The van der Waals surface area contributed by atoms with Crippen LogP contribution in [-0.4, -0.2) is 42.9 Å². The third kappa shape index (κ3) is 4.29. The highest BCUT2D eigenvalue weighted by Gasteiger charge is 2.17. The molecule has 0 atom stereocenters. The molecule has 2 amide bonds. The van der Waals surface area contributed by atoms with Crippen LogP contribution < -0.4 is 11.1 Å². The van der Waals surface area contributed by atoms with E-state index in [4.69, 9.17) is 5.73 Å². The third-order valence-corrected chi connectivity index (χ3v) is 3.76. The van der Waals surface area contributed by atoms with Crippen molar-refractivity contribution < 1.29 is 9.59 Å². The Balaban J connectivity index is 1.83. The normalized spacial score (nSPS) is 14.2. The molecule has 1 aromatic carbocycles. The number of carbonyl (C=O) groups excluding carboxylic acids is 2. The maximum Gasteiger partial charge on any atom is 0.251 e. The second kappa shape index (κ2) is 7.78. The summed E-state index contributed by atoms with van der Waals surface area (Å²) in [6.07, 6.45) is 3.22. The summed E-state index contributed by atoms with van der Waals surface area (Å²) in [6, 6.07) is 7.45. The highest BCUT2D eigenvalue weighted by Crippen LogP contribution is 2.10. The Hall–Kier alpha value is -1.88. The Morgan fingerprint density at radius 3 is 2.62 bits per heavy atom. The van der Waals surface area contributed by atoms with Crippen molar-refractivity contribution in [1.29, 1.82) is 0 Å². The van der Waals surface area contributed by atoms with Gasteiger partial charge in [-0.2, -0.15) is 0 Å². The molecular formula is C16H23N3O2. The van der Waals surface area contributed by atoms with E-state index in [0.717, 1.165) is 31.5 Å². The highest BCUT2D eigenvalue weighted by molar-refractivity contribution is 5.95. The van der Waals surface area contributed by atoms with Gasteiger partial charge >= 0.3 is 0 Å². The van der Waals surface area contributed by atoms with E-state index in [9.17, 15) is 9.59 Å². The van der Waals surface area contributed by atoms with E-state index in [1.54, 1.807) is 6.07 Å². The Bertz CT molecular complexity index is 496. The summed E-state index contributed by atoms with van der Waals surface area (Å²) >= 11 is 0. The van der Waals surface area contributed by atoms with Gasteiger partial charge in [0.25, 0.3) is 5.91 Å². The fraction of sp³-hybridized carbons (Fsp3) is 0.500. The topological polar surface area (TPSA) is 75.4 Å². The fourth-order valence-electron chi connectivity index (χ4n) is 2.62. The molecule has 1 saturated heterocycles. The minimum absolute atomic E-state index is 0.128. The molecule has 0 aliphatic carbocycles. The van der Waals surface area contributed by atoms with Crippen molar-refractivity contribution in [1.82, 2.24) is 10.2 Å². The Morgan fingerprint density at radius 2 is 1.90 bits per heavy atom. The maximum absolute atomic E-state index is 12.2. The van der Waals surface area contributed by atoms with E-state index in [0.29, 0.717) is 31.5 Å². The summed E-state index contributed by atoms with van der Waals surface area (Å²) in [5.74, 6) is -0.00341. The molecule has 3 N–H and O–H groups in total. The maximum atomic E-state index is 12.2. The second-order valence-corrected chi connectivity index (χ2v) is 5.29. The van der Waals surface area contributed by atoms with Gasteiger partial charge in [0.2, 0.25) is 5.91 Å². The van der Waals surface area contributed by atoms with Crippen LogP contribution in [0.25, 0.3) is 0 Å². The molecule has 1 aromatic rings. The molecule has 5 nitrogen and oxygen atoms in total. The van der Waals surface area contributed by atoms with Crippen molar-refractivity contribution in [3.05, 3.63) is 35.4 Å². The smallest absolute Gasteiger partial charge is 0.251 e. The van der Waals surface area contributed by atoms with Crippen LogP contribution in [0.2, 0.25) is 0 Å². The minimum atomic E-state index is -0.131. The van der Waals surface area contributed by atoms with Crippen LogP contribution in [-0.2, 0) is 11.2 Å². The molecule has 1 heterocycles. The number of hydrogen-bond donors (Lipinski definition) is 2. The third-order valence-electron chi connectivity index (χ3n) is 3.76. The minimum Gasteiger partial charge on any atom is -0.352 e. The van der Waals surface area contributed by atoms with Gasteiger partial charge in [-0.1, -0.05) is 18.2 Å².